The zero-order chi connectivity index (χ0) is 23.1. The van der Waals surface area contributed by atoms with E-state index in [1.54, 1.807) is 36.8 Å². The van der Waals surface area contributed by atoms with E-state index >= 15 is 0 Å². The molecule has 5 rings (SSSR count). The van der Waals surface area contributed by atoms with Crippen LogP contribution in [0.15, 0.2) is 85.5 Å². The molecule has 0 saturated heterocycles. The number of benzene rings is 3. The lowest BCUT2D eigenvalue weighted by Crippen LogP contribution is -2.11. The molecular weight excluding hydrogens is 416 g/mol. The molecule has 0 unspecified atom stereocenters. The Kier molecular flexibility index (Phi) is 4.79. The van der Waals surface area contributed by atoms with Crippen LogP contribution in [0.3, 0.4) is 0 Å². The van der Waals surface area contributed by atoms with Gasteiger partial charge < -0.3 is 20.0 Å². The summed E-state index contributed by atoms with van der Waals surface area (Å²) in [6.07, 6.45) is 5.34. The molecule has 7 nitrogen and oxygen atoms in total. The second-order valence-electron chi connectivity index (χ2n) is 7.83. The number of amides is 1. The molecule has 0 aliphatic heterocycles. The van der Waals surface area contributed by atoms with E-state index in [-0.39, 0.29) is 5.56 Å². The molecule has 3 aromatic carbocycles. The fourth-order valence-corrected chi connectivity index (χ4v) is 4.08. The lowest BCUT2D eigenvalue weighted by molar-refractivity contribution is 0.0696. The SMILES string of the molecule is Cc1cc(C(N)=O)ccc1-n1c(-c2ccc(-n3ccnc3)cc2)cc2ccc(C(=O)O)cc21. The highest BCUT2D eigenvalue weighted by atomic mass is 16.4. The summed E-state index contributed by atoms with van der Waals surface area (Å²) in [4.78, 5) is 27.4. The number of carbonyl (C=O) groups excluding carboxylic acids is 1. The highest BCUT2D eigenvalue weighted by Crippen LogP contribution is 2.34. The summed E-state index contributed by atoms with van der Waals surface area (Å²) in [6, 6.07) is 20.4. The Bertz CT molecular complexity index is 1510. The first kappa shape index (κ1) is 20.3. The van der Waals surface area contributed by atoms with E-state index in [1.165, 1.54) is 0 Å². The summed E-state index contributed by atoms with van der Waals surface area (Å²) in [5.41, 5.74) is 11.4. The number of aromatic nitrogens is 3. The van der Waals surface area contributed by atoms with Crippen LogP contribution in [0.5, 0.6) is 0 Å². The minimum absolute atomic E-state index is 0.204. The van der Waals surface area contributed by atoms with Crippen LogP contribution in [0.25, 0.3) is 33.5 Å². The van der Waals surface area contributed by atoms with Gasteiger partial charge in [0.05, 0.1) is 23.1 Å². The molecule has 33 heavy (non-hydrogen) atoms. The van der Waals surface area contributed by atoms with Crippen LogP contribution < -0.4 is 5.73 Å². The number of aryl methyl sites for hydroxylation is 1. The summed E-state index contributed by atoms with van der Waals surface area (Å²) >= 11 is 0. The predicted octanol–water partition coefficient (Wildman–Crippen LogP) is 4.59. The van der Waals surface area contributed by atoms with Crippen molar-refractivity contribution in [3.63, 3.8) is 0 Å². The third-order valence-corrected chi connectivity index (χ3v) is 5.74. The van der Waals surface area contributed by atoms with Crippen LogP contribution in [0.2, 0.25) is 0 Å². The monoisotopic (exact) mass is 436 g/mol. The first-order chi connectivity index (χ1) is 15.9. The lowest BCUT2D eigenvalue weighted by atomic mass is 10.1. The average Bonchev–Trinajstić information content (AvgIpc) is 3.47. The standard InChI is InChI=1S/C26H20N4O3/c1-16-12-19(25(27)31)6-9-22(16)30-23(13-18-2-3-20(26(32)33)14-24(18)30)17-4-7-21(8-5-17)29-11-10-28-15-29/h2-15H,1H3,(H2,27,31)(H,32,33). The van der Waals surface area contributed by atoms with Gasteiger partial charge in [0, 0.05) is 34.7 Å². The van der Waals surface area contributed by atoms with Crippen molar-refractivity contribution in [3.8, 4) is 22.6 Å². The topological polar surface area (TPSA) is 103 Å². The van der Waals surface area contributed by atoms with E-state index in [0.717, 1.165) is 39.1 Å². The fourth-order valence-electron chi connectivity index (χ4n) is 4.08. The molecule has 0 saturated carbocycles. The van der Waals surface area contributed by atoms with Gasteiger partial charge in [-0.2, -0.15) is 0 Å². The first-order valence-electron chi connectivity index (χ1n) is 10.3. The number of fused-ring (bicyclic) bond motifs is 1. The molecule has 0 spiro atoms. The summed E-state index contributed by atoms with van der Waals surface area (Å²) in [6.45, 7) is 1.90. The summed E-state index contributed by atoms with van der Waals surface area (Å²) in [7, 11) is 0. The van der Waals surface area contributed by atoms with Crippen molar-refractivity contribution in [2.24, 2.45) is 5.73 Å². The maximum atomic E-state index is 11.6. The van der Waals surface area contributed by atoms with Gasteiger partial charge in [-0.3, -0.25) is 4.79 Å². The molecule has 2 aromatic heterocycles. The number of nitrogens with two attached hydrogens (primary N) is 1. The van der Waals surface area contributed by atoms with Gasteiger partial charge in [-0.1, -0.05) is 18.2 Å². The van der Waals surface area contributed by atoms with Crippen molar-refractivity contribution >= 4 is 22.8 Å². The highest BCUT2D eigenvalue weighted by molar-refractivity contribution is 5.97. The van der Waals surface area contributed by atoms with Crippen LogP contribution in [0.4, 0.5) is 0 Å². The number of hydrogen-bond acceptors (Lipinski definition) is 3. The molecular formula is C26H20N4O3. The smallest absolute Gasteiger partial charge is 0.335 e. The second-order valence-corrected chi connectivity index (χ2v) is 7.83. The van der Waals surface area contributed by atoms with Gasteiger partial charge in [0.1, 0.15) is 0 Å². The van der Waals surface area contributed by atoms with Gasteiger partial charge in [-0.05, 0) is 66.6 Å². The molecule has 0 aliphatic rings. The first-order valence-corrected chi connectivity index (χ1v) is 10.3. The number of carboxylic acid groups (broad SMARTS) is 1. The minimum Gasteiger partial charge on any atom is -0.478 e. The van der Waals surface area contributed by atoms with E-state index in [2.05, 4.69) is 4.98 Å². The maximum absolute atomic E-state index is 11.6. The molecule has 0 atom stereocenters. The normalized spacial score (nSPS) is 11.1. The zero-order valence-corrected chi connectivity index (χ0v) is 17.8. The molecule has 7 heteroatoms. The number of hydrogen-bond donors (Lipinski definition) is 2. The quantitative estimate of drug-likeness (QED) is 0.421. The van der Waals surface area contributed by atoms with E-state index < -0.39 is 11.9 Å². The van der Waals surface area contributed by atoms with Gasteiger partial charge in [-0.25, -0.2) is 9.78 Å². The Hall–Kier alpha value is -4.65. The van der Waals surface area contributed by atoms with Crippen LogP contribution >= 0.6 is 0 Å². The average molecular weight is 436 g/mol. The third kappa shape index (κ3) is 3.55. The predicted molar refractivity (Wildman–Crippen MR) is 126 cm³/mol. The van der Waals surface area contributed by atoms with Gasteiger partial charge in [-0.15, -0.1) is 0 Å². The van der Waals surface area contributed by atoms with Crippen molar-refractivity contribution in [1.82, 2.24) is 14.1 Å². The Labute approximate surface area is 189 Å². The van der Waals surface area contributed by atoms with E-state index in [9.17, 15) is 14.7 Å². The molecule has 0 fully saturated rings. The Balaban J connectivity index is 1.74. The molecule has 1 amide bonds. The Morgan fingerprint density at radius 2 is 1.70 bits per heavy atom. The largest absolute Gasteiger partial charge is 0.478 e. The molecule has 0 radical (unpaired) electrons. The van der Waals surface area contributed by atoms with Gasteiger partial charge in [0.2, 0.25) is 5.91 Å². The lowest BCUT2D eigenvalue weighted by Gasteiger charge is -2.15. The third-order valence-electron chi connectivity index (χ3n) is 5.74. The summed E-state index contributed by atoms with van der Waals surface area (Å²) < 4.78 is 3.94. The van der Waals surface area contributed by atoms with Crippen molar-refractivity contribution < 1.29 is 14.7 Å². The van der Waals surface area contributed by atoms with E-state index in [1.807, 2.05) is 64.7 Å². The van der Waals surface area contributed by atoms with Crippen molar-refractivity contribution in [3.05, 3.63) is 102 Å². The summed E-state index contributed by atoms with van der Waals surface area (Å²) in [5, 5.41) is 10.4. The molecule has 3 N–H and O–H groups in total. The van der Waals surface area contributed by atoms with Crippen LogP contribution in [0.1, 0.15) is 26.3 Å². The number of nitrogens with zero attached hydrogens (tertiary/aromatic N) is 3. The van der Waals surface area contributed by atoms with Gasteiger partial charge >= 0.3 is 5.97 Å². The highest BCUT2D eigenvalue weighted by Gasteiger charge is 2.17. The van der Waals surface area contributed by atoms with E-state index in [0.29, 0.717) is 5.56 Å². The molecule has 162 valence electrons. The maximum Gasteiger partial charge on any atom is 0.335 e. The van der Waals surface area contributed by atoms with Gasteiger partial charge in [0.15, 0.2) is 0 Å². The molecule has 2 heterocycles. The Morgan fingerprint density at radius 3 is 2.33 bits per heavy atom. The van der Waals surface area contributed by atoms with Crippen molar-refractivity contribution in [2.45, 2.75) is 6.92 Å². The van der Waals surface area contributed by atoms with E-state index in [4.69, 9.17) is 5.73 Å². The van der Waals surface area contributed by atoms with Crippen LogP contribution in [-0.2, 0) is 0 Å². The molecule has 0 aliphatic carbocycles. The number of carboxylic acids is 1. The number of carbonyl (C=O) groups is 2. The summed E-state index contributed by atoms with van der Waals surface area (Å²) in [5.74, 6) is -1.48. The molecule has 5 aromatic rings. The minimum atomic E-state index is -0.989. The number of primary amides is 1. The van der Waals surface area contributed by atoms with Crippen molar-refractivity contribution in [2.75, 3.05) is 0 Å². The van der Waals surface area contributed by atoms with Crippen molar-refractivity contribution in [1.29, 1.82) is 0 Å². The number of rotatable bonds is 5. The zero-order valence-electron chi connectivity index (χ0n) is 17.8. The Morgan fingerprint density at radius 1 is 0.939 bits per heavy atom. The second kappa shape index (κ2) is 7.80. The molecule has 0 bridgehead atoms. The fraction of sp³-hybridized carbons (Fsp3) is 0.0385. The number of aromatic carboxylic acids is 1. The van der Waals surface area contributed by atoms with Gasteiger partial charge in [0.25, 0.3) is 0 Å². The number of imidazole rings is 1. The van der Waals surface area contributed by atoms with Crippen LogP contribution in [-0.4, -0.2) is 31.1 Å². The van der Waals surface area contributed by atoms with Crippen LogP contribution in [0, 0.1) is 6.92 Å².